The molecule has 33 heavy (non-hydrogen) atoms. The summed E-state index contributed by atoms with van der Waals surface area (Å²) in [4.78, 5) is 41.7. The number of carbonyl (C=O) groups excluding carboxylic acids is 1. The fourth-order valence-electron chi connectivity index (χ4n) is 3.21. The van der Waals surface area contributed by atoms with Crippen molar-refractivity contribution < 1.29 is 24.7 Å². The smallest absolute Gasteiger partial charge is 0.324 e. The van der Waals surface area contributed by atoms with Crippen LogP contribution in [0.5, 0.6) is 5.75 Å². The number of nitrogens with zero attached hydrogens (tertiary/aromatic N) is 4. The summed E-state index contributed by atoms with van der Waals surface area (Å²) in [6.45, 7) is 1.93. The van der Waals surface area contributed by atoms with Crippen molar-refractivity contribution in [3.8, 4) is 5.75 Å². The van der Waals surface area contributed by atoms with Crippen molar-refractivity contribution in [2.45, 2.75) is 31.8 Å². The molecule has 0 saturated heterocycles. The molecule has 0 radical (unpaired) electrons. The number of aromatic hydroxyl groups is 1. The van der Waals surface area contributed by atoms with Crippen LogP contribution in [0.15, 0.2) is 36.4 Å². The highest BCUT2D eigenvalue weighted by Crippen LogP contribution is 2.39. The first-order valence-corrected chi connectivity index (χ1v) is 9.78. The molecule has 13 nitrogen and oxygen atoms in total. The van der Waals surface area contributed by atoms with Gasteiger partial charge in [-0.2, -0.15) is 0 Å². The van der Waals surface area contributed by atoms with Crippen LogP contribution in [0.4, 0.5) is 17.1 Å². The molecule has 2 aromatic carbocycles. The molecule has 0 bridgehead atoms. The first kappa shape index (κ1) is 25.1. The second-order valence-corrected chi connectivity index (χ2v) is 7.54. The maximum atomic E-state index is 12.0. The first-order chi connectivity index (χ1) is 15.4. The van der Waals surface area contributed by atoms with Gasteiger partial charge in [0.25, 0.3) is 11.4 Å². The third-order valence-corrected chi connectivity index (χ3v) is 5.26. The third kappa shape index (κ3) is 5.98. The number of aryl methyl sites for hydroxylation is 1. The molecule has 1 aliphatic carbocycles. The maximum absolute atomic E-state index is 12.0. The summed E-state index contributed by atoms with van der Waals surface area (Å²) in [5, 5.41) is 43.3. The Hall–Kier alpha value is -4.13. The topological polar surface area (TPSA) is 182 Å². The molecule has 1 aliphatic rings. The van der Waals surface area contributed by atoms with Crippen LogP contribution in [0.2, 0.25) is 0 Å². The molecule has 2 aromatic rings. The molecule has 3 rings (SSSR count). The van der Waals surface area contributed by atoms with Gasteiger partial charge in [-0.05, 0) is 45.0 Å². The summed E-state index contributed by atoms with van der Waals surface area (Å²) in [6, 6.07) is 9.38. The van der Waals surface area contributed by atoms with E-state index >= 15 is 0 Å². The minimum absolute atomic E-state index is 0.0808. The SMILES string of the molecule is CC(C(=O)NC1CCc2ccccc21)N(C)C.O=[N+]([O-])c1cc([N+](=O)[O-])c(O)c([N+](=O)[O-])c1. The van der Waals surface area contributed by atoms with Gasteiger partial charge in [0.2, 0.25) is 5.91 Å². The Labute approximate surface area is 188 Å². The fraction of sp³-hybridized carbons (Fsp3) is 0.350. The Balaban J connectivity index is 0.000000234. The maximum Gasteiger partial charge on any atom is 0.324 e. The van der Waals surface area contributed by atoms with Crippen molar-refractivity contribution in [2.24, 2.45) is 0 Å². The number of rotatable bonds is 6. The number of likely N-dealkylation sites (N-methyl/N-ethyl adjacent to an activating group) is 1. The number of hydrogen-bond donors (Lipinski definition) is 2. The molecule has 176 valence electrons. The van der Waals surface area contributed by atoms with Gasteiger partial charge < -0.3 is 10.4 Å². The summed E-state index contributed by atoms with van der Waals surface area (Å²) in [6.07, 6.45) is 2.09. The van der Waals surface area contributed by atoms with Crippen LogP contribution in [0.25, 0.3) is 0 Å². The van der Waals surface area contributed by atoms with E-state index in [-0.39, 0.29) is 18.0 Å². The summed E-state index contributed by atoms with van der Waals surface area (Å²) >= 11 is 0. The van der Waals surface area contributed by atoms with E-state index in [2.05, 4.69) is 23.5 Å². The number of benzene rings is 2. The zero-order chi connectivity index (χ0) is 24.9. The highest BCUT2D eigenvalue weighted by atomic mass is 16.6. The van der Waals surface area contributed by atoms with Crippen LogP contribution in [0, 0.1) is 30.3 Å². The standard InChI is InChI=1S/C14H20N2O.C6H3N3O7/c1-10(16(2)3)14(17)15-13-9-8-11-6-4-5-7-12(11)13;10-6-4(8(13)14)1-3(7(11)12)2-5(6)9(15)16/h4-7,10,13H,8-9H2,1-3H3,(H,15,17);1-2,10H. The average Bonchev–Trinajstić information content (AvgIpc) is 3.15. The van der Waals surface area contributed by atoms with Gasteiger partial charge in [0.05, 0.1) is 39.0 Å². The van der Waals surface area contributed by atoms with Gasteiger partial charge in [0.15, 0.2) is 0 Å². The molecule has 13 heteroatoms. The van der Waals surface area contributed by atoms with E-state index in [1.54, 1.807) is 0 Å². The van der Waals surface area contributed by atoms with E-state index in [1.807, 2.05) is 32.0 Å². The zero-order valence-corrected chi connectivity index (χ0v) is 18.1. The number of nitro benzene ring substituents is 3. The molecule has 0 aliphatic heterocycles. The molecule has 0 aromatic heterocycles. The Morgan fingerprint density at radius 2 is 1.61 bits per heavy atom. The van der Waals surface area contributed by atoms with Gasteiger partial charge in [-0.25, -0.2) is 0 Å². The van der Waals surface area contributed by atoms with Gasteiger partial charge in [0.1, 0.15) is 0 Å². The molecule has 0 fully saturated rings. The second kappa shape index (κ2) is 10.5. The lowest BCUT2D eigenvalue weighted by atomic mass is 10.1. The van der Waals surface area contributed by atoms with E-state index in [4.69, 9.17) is 5.11 Å². The van der Waals surface area contributed by atoms with Crippen LogP contribution in [0.3, 0.4) is 0 Å². The van der Waals surface area contributed by atoms with Crippen LogP contribution in [-0.4, -0.2) is 50.8 Å². The summed E-state index contributed by atoms with van der Waals surface area (Å²) < 4.78 is 0. The van der Waals surface area contributed by atoms with E-state index in [9.17, 15) is 35.1 Å². The normalized spacial score (nSPS) is 15.1. The van der Waals surface area contributed by atoms with Crippen molar-refractivity contribution in [1.29, 1.82) is 0 Å². The third-order valence-electron chi connectivity index (χ3n) is 5.26. The van der Waals surface area contributed by atoms with Crippen LogP contribution >= 0.6 is 0 Å². The number of nitro groups is 3. The summed E-state index contributed by atoms with van der Waals surface area (Å²) in [5.41, 5.74) is -0.347. The van der Waals surface area contributed by atoms with Crippen LogP contribution in [0.1, 0.15) is 30.5 Å². The zero-order valence-electron chi connectivity index (χ0n) is 18.1. The summed E-state index contributed by atoms with van der Waals surface area (Å²) in [5.74, 6) is -1.10. The lowest BCUT2D eigenvalue weighted by molar-refractivity contribution is -0.404. The van der Waals surface area contributed by atoms with Crippen LogP contribution < -0.4 is 5.32 Å². The van der Waals surface area contributed by atoms with Crippen molar-refractivity contribution in [2.75, 3.05) is 14.1 Å². The Morgan fingerprint density at radius 3 is 2.09 bits per heavy atom. The molecule has 0 heterocycles. The minimum Gasteiger partial charge on any atom is -0.497 e. The molecular weight excluding hydrogens is 438 g/mol. The highest BCUT2D eigenvalue weighted by Gasteiger charge is 2.30. The molecule has 0 saturated carbocycles. The number of carbonyl (C=O) groups is 1. The lowest BCUT2D eigenvalue weighted by Gasteiger charge is -2.22. The second-order valence-electron chi connectivity index (χ2n) is 7.54. The quantitative estimate of drug-likeness (QED) is 0.482. The van der Waals surface area contributed by atoms with Gasteiger partial charge >= 0.3 is 11.4 Å². The molecule has 1 amide bonds. The van der Waals surface area contributed by atoms with Gasteiger partial charge in [-0.3, -0.25) is 40.0 Å². The molecule has 2 N–H and O–H groups in total. The number of nitrogens with one attached hydrogen (secondary N) is 1. The number of amides is 1. The number of non-ortho nitro benzene ring substituents is 1. The van der Waals surface area contributed by atoms with Crippen molar-refractivity contribution in [3.05, 3.63) is 77.9 Å². The predicted octanol–water partition coefficient (Wildman–Crippen LogP) is 2.86. The number of phenols is 1. The summed E-state index contributed by atoms with van der Waals surface area (Å²) in [7, 11) is 3.85. The number of fused-ring (bicyclic) bond motifs is 1. The molecular formula is C20H23N5O8. The Bertz CT molecular complexity index is 1050. The Morgan fingerprint density at radius 1 is 1.06 bits per heavy atom. The molecule has 0 spiro atoms. The molecule has 2 unspecified atom stereocenters. The van der Waals surface area contributed by atoms with Gasteiger partial charge in [-0.15, -0.1) is 0 Å². The van der Waals surface area contributed by atoms with E-state index in [0.29, 0.717) is 12.1 Å². The van der Waals surface area contributed by atoms with Crippen molar-refractivity contribution in [1.82, 2.24) is 10.2 Å². The predicted molar refractivity (Wildman–Crippen MR) is 117 cm³/mol. The van der Waals surface area contributed by atoms with Gasteiger partial charge in [-0.1, -0.05) is 24.3 Å². The minimum atomic E-state index is -1.21. The fourth-order valence-corrected chi connectivity index (χ4v) is 3.21. The van der Waals surface area contributed by atoms with E-state index in [0.717, 1.165) is 12.8 Å². The lowest BCUT2D eigenvalue weighted by Crippen LogP contribution is -2.42. The number of hydrogen-bond acceptors (Lipinski definition) is 9. The van der Waals surface area contributed by atoms with Crippen LogP contribution in [-0.2, 0) is 11.2 Å². The van der Waals surface area contributed by atoms with Crippen molar-refractivity contribution >= 4 is 23.0 Å². The largest absolute Gasteiger partial charge is 0.497 e. The van der Waals surface area contributed by atoms with E-state index < -0.39 is 37.6 Å². The first-order valence-electron chi connectivity index (χ1n) is 9.78. The Kier molecular flexibility index (Phi) is 7.96. The molecule has 2 atom stereocenters. The highest BCUT2D eigenvalue weighted by molar-refractivity contribution is 5.81. The monoisotopic (exact) mass is 461 g/mol. The number of phenolic OH excluding ortho intramolecular Hbond substituents is 1. The average molecular weight is 461 g/mol. The van der Waals surface area contributed by atoms with E-state index in [1.165, 1.54) is 11.1 Å². The van der Waals surface area contributed by atoms with Crippen molar-refractivity contribution in [3.63, 3.8) is 0 Å². The van der Waals surface area contributed by atoms with Gasteiger partial charge in [0, 0.05) is 0 Å².